The molecular weight excluding hydrogens is 220 g/mol. The van der Waals surface area contributed by atoms with Gasteiger partial charge in [-0.15, -0.1) is 0 Å². The van der Waals surface area contributed by atoms with Gasteiger partial charge in [-0.3, -0.25) is 9.59 Å². The third-order valence-electron chi connectivity index (χ3n) is 2.69. The van der Waals surface area contributed by atoms with Crippen LogP contribution in [0.2, 0.25) is 0 Å². The number of benzene rings is 1. The normalized spacial score (nSPS) is 19.5. The fourth-order valence-electron chi connectivity index (χ4n) is 1.97. The SMILES string of the molecule is CC(=O)N[C@H]1CC(=O)N(c2ccc(O)cc2)C1. The third kappa shape index (κ3) is 2.55. The molecule has 1 fully saturated rings. The van der Waals surface area contributed by atoms with Crippen LogP contribution in [-0.2, 0) is 9.59 Å². The summed E-state index contributed by atoms with van der Waals surface area (Å²) in [6.07, 6.45) is 0.320. The number of carbonyl (C=O) groups is 2. The van der Waals surface area contributed by atoms with E-state index in [0.29, 0.717) is 13.0 Å². The van der Waals surface area contributed by atoms with Gasteiger partial charge >= 0.3 is 0 Å². The highest BCUT2D eigenvalue weighted by atomic mass is 16.3. The van der Waals surface area contributed by atoms with Crippen LogP contribution in [0.3, 0.4) is 0 Å². The molecule has 0 spiro atoms. The Morgan fingerprint density at radius 2 is 2.06 bits per heavy atom. The van der Waals surface area contributed by atoms with E-state index in [1.54, 1.807) is 17.0 Å². The Morgan fingerprint density at radius 3 is 2.65 bits per heavy atom. The van der Waals surface area contributed by atoms with E-state index >= 15 is 0 Å². The molecule has 1 aliphatic rings. The molecule has 2 N–H and O–H groups in total. The summed E-state index contributed by atoms with van der Waals surface area (Å²) in [4.78, 5) is 24.3. The first-order valence-corrected chi connectivity index (χ1v) is 5.43. The van der Waals surface area contributed by atoms with Gasteiger partial charge in [0.25, 0.3) is 0 Å². The molecule has 0 saturated carbocycles. The number of aromatic hydroxyl groups is 1. The average molecular weight is 234 g/mol. The van der Waals surface area contributed by atoms with E-state index in [2.05, 4.69) is 5.32 Å². The summed E-state index contributed by atoms with van der Waals surface area (Å²) in [6, 6.07) is 6.31. The van der Waals surface area contributed by atoms with Crippen molar-refractivity contribution in [3.05, 3.63) is 24.3 Å². The second kappa shape index (κ2) is 4.45. The van der Waals surface area contributed by atoms with E-state index < -0.39 is 0 Å². The van der Waals surface area contributed by atoms with Crippen molar-refractivity contribution in [2.45, 2.75) is 19.4 Å². The number of rotatable bonds is 2. The third-order valence-corrected chi connectivity index (χ3v) is 2.69. The summed E-state index contributed by atoms with van der Waals surface area (Å²) in [6.45, 7) is 1.91. The van der Waals surface area contributed by atoms with Crippen molar-refractivity contribution >= 4 is 17.5 Å². The first kappa shape index (κ1) is 11.4. The molecule has 5 nitrogen and oxygen atoms in total. The number of nitrogens with zero attached hydrogens (tertiary/aromatic N) is 1. The molecule has 1 saturated heterocycles. The zero-order valence-electron chi connectivity index (χ0n) is 9.51. The van der Waals surface area contributed by atoms with Crippen molar-refractivity contribution in [1.82, 2.24) is 5.32 Å². The lowest BCUT2D eigenvalue weighted by Gasteiger charge is -2.16. The Morgan fingerprint density at radius 1 is 1.41 bits per heavy atom. The molecule has 1 aromatic rings. The topological polar surface area (TPSA) is 69.6 Å². The Balaban J connectivity index is 2.10. The van der Waals surface area contributed by atoms with E-state index in [1.807, 2.05) is 0 Å². The molecule has 1 aliphatic heterocycles. The van der Waals surface area contributed by atoms with E-state index in [4.69, 9.17) is 0 Å². The van der Waals surface area contributed by atoms with Gasteiger partial charge in [-0.05, 0) is 24.3 Å². The van der Waals surface area contributed by atoms with Crippen LogP contribution < -0.4 is 10.2 Å². The largest absolute Gasteiger partial charge is 0.508 e. The van der Waals surface area contributed by atoms with Crippen LogP contribution in [0.4, 0.5) is 5.69 Å². The number of phenolic OH excluding ortho intramolecular Hbond substituents is 1. The first-order valence-electron chi connectivity index (χ1n) is 5.43. The molecule has 0 unspecified atom stereocenters. The van der Waals surface area contributed by atoms with Gasteiger partial charge in [0.1, 0.15) is 5.75 Å². The number of anilines is 1. The van der Waals surface area contributed by atoms with Crippen molar-refractivity contribution in [3.63, 3.8) is 0 Å². The molecule has 0 bridgehead atoms. The number of hydrogen-bond donors (Lipinski definition) is 2. The quantitative estimate of drug-likeness (QED) is 0.788. The lowest BCUT2D eigenvalue weighted by Crippen LogP contribution is -2.35. The Bertz CT molecular complexity index is 442. The molecule has 0 aliphatic carbocycles. The second-order valence-electron chi connectivity index (χ2n) is 4.12. The highest BCUT2D eigenvalue weighted by molar-refractivity contribution is 5.96. The monoisotopic (exact) mass is 234 g/mol. The van der Waals surface area contributed by atoms with Crippen LogP contribution >= 0.6 is 0 Å². The molecule has 1 atom stereocenters. The van der Waals surface area contributed by atoms with Crippen molar-refractivity contribution in [3.8, 4) is 5.75 Å². The summed E-state index contributed by atoms with van der Waals surface area (Å²) < 4.78 is 0. The lowest BCUT2D eigenvalue weighted by atomic mass is 10.2. The predicted molar refractivity (Wildman–Crippen MR) is 62.7 cm³/mol. The van der Waals surface area contributed by atoms with E-state index in [9.17, 15) is 14.7 Å². The molecule has 90 valence electrons. The summed E-state index contributed by atoms with van der Waals surface area (Å²) >= 11 is 0. The van der Waals surface area contributed by atoms with Crippen molar-refractivity contribution in [1.29, 1.82) is 0 Å². The first-order chi connectivity index (χ1) is 8.06. The number of phenols is 1. The van der Waals surface area contributed by atoms with Gasteiger partial charge < -0.3 is 15.3 Å². The van der Waals surface area contributed by atoms with Gasteiger partial charge in [-0.1, -0.05) is 0 Å². The average Bonchev–Trinajstić information content (AvgIpc) is 2.59. The van der Waals surface area contributed by atoms with Crippen LogP contribution in [0.5, 0.6) is 5.75 Å². The Kier molecular flexibility index (Phi) is 2.99. The van der Waals surface area contributed by atoms with Crippen molar-refractivity contribution in [2.75, 3.05) is 11.4 Å². The minimum Gasteiger partial charge on any atom is -0.508 e. The summed E-state index contributed by atoms with van der Waals surface area (Å²) in [5.74, 6) is 0.0172. The number of carbonyl (C=O) groups excluding carboxylic acids is 2. The minimum absolute atomic E-state index is 0.0190. The van der Waals surface area contributed by atoms with Crippen LogP contribution in [0.15, 0.2) is 24.3 Å². The van der Waals surface area contributed by atoms with Crippen molar-refractivity contribution < 1.29 is 14.7 Å². The number of hydrogen-bond acceptors (Lipinski definition) is 3. The summed E-state index contributed by atoms with van der Waals surface area (Å²) in [7, 11) is 0. The highest BCUT2D eigenvalue weighted by Crippen LogP contribution is 2.23. The van der Waals surface area contributed by atoms with E-state index in [1.165, 1.54) is 19.1 Å². The summed E-state index contributed by atoms with van der Waals surface area (Å²) in [5.41, 5.74) is 0.737. The fourth-order valence-corrected chi connectivity index (χ4v) is 1.97. The van der Waals surface area contributed by atoms with Crippen molar-refractivity contribution in [2.24, 2.45) is 0 Å². The molecule has 2 amide bonds. The maximum Gasteiger partial charge on any atom is 0.229 e. The number of nitrogens with one attached hydrogen (secondary N) is 1. The molecule has 0 radical (unpaired) electrons. The molecule has 2 rings (SSSR count). The standard InChI is InChI=1S/C12H14N2O3/c1-8(15)13-9-6-12(17)14(7-9)10-2-4-11(16)5-3-10/h2-5,9,16H,6-7H2,1H3,(H,13,15)/t9-/m0/s1. The second-order valence-corrected chi connectivity index (χ2v) is 4.12. The number of amides is 2. The van der Waals surface area contributed by atoms with Crippen LogP contribution in [0.1, 0.15) is 13.3 Å². The maximum atomic E-state index is 11.8. The van der Waals surface area contributed by atoms with E-state index in [-0.39, 0.29) is 23.6 Å². The molecular formula is C12H14N2O3. The fraction of sp³-hybridized carbons (Fsp3) is 0.333. The van der Waals surface area contributed by atoms with E-state index in [0.717, 1.165) is 5.69 Å². The van der Waals surface area contributed by atoms with Crippen LogP contribution in [-0.4, -0.2) is 29.5 Å². The minimum atomic E-state index is -0.131. The van der Waals surface area contributed by atoms with Gasteiger partial charge in [-0.2, -0.15) is 0 Å². The smallest absolute Gasteiger partial charge is 0.229 e. The zero-order chi connectivity index (χ0) is 12.4. The van der Waals surface area contributed by atoms with Gasteiger partial charge in [0.05, 0.1) is 6.04 Å². The van der Waals surface area contributed by atoms with Crippen LogP contribution in [0, 0.1) is 0 Å². The lowest BCUT2D eigenvalue weighted by molar-refractivity contribution is -0.119. The molecule has 0 aromatic heterocycles. The van der Waals surface area contributed by atoms with Gasteiger partial charge in [-0.25, -0.2) is 0 Å². The maximum absolute atomic E-state index is 11.8. The molecule has 17 heavy (non-hydrogen) atoms. The van der Waals surface area contributed by atoms with Gasteiger partial charge in [0.15, 0.2) is 0 Å². The highest BCUT2D eigenvalue weighted by Gasteiger charge is 2.30. The molecule has 5 heteroatoms. The molecule has 1 heterocycles. The Labute approximate surface area is 99.0 Å². The zero-order valence-corrected chi connectivity index (χ0v) is 9.51. The Hall–Kier alpha value is -2.04. The molecule has 1 aromatic carbocycles. The summed E-state index contributed by atoms with van der Waals surface area (Å²) in [5, 5.41) is 11.9. The van der Waals surface area contributed by atoms with Gasteiger partial charge in [0, 0.05) is 25.6 Å². The van der Waals surface area contributed by atoms with Crippen LogP contribution in [0.25, 0.3) is 0 Å². The van der Waals surface area contributed by atoms with Gasteiger partial charge in [0.2, 0.25) is 11.8 Å². The predicted octanol–water partition coefficient (Wildman–Crippen LogP) is 0.634.